The highest BCUT2D eigenvalue weighted by atomic mass is 32.2. The van der Waals surface area contributed by atoms with E-state index in [9.17, 15) is 23.1 Å². The first-order valence-electron chi connectivity index (χ1n) is 19.7. The molecule has 0 spiro atoms. The highest BCUT2D eigenvalue weighted by molar-refractivity contribution is 7.91. The molecule has 1 aromatic carbocycles. The maximum Gasteiger partial charge on any atom is 0.410 e. The number of carbonyl (C=O) groups excluding carboxylic acids is 2. The lowest BCUT2D eigenvalue weighted by molar-refractivity contribution is -0.124. The number of hydrogen-bond acceptors (Lipinski definition) is 9. The Hall–Kier alpha value is -3.97. The summed E-state index contributed by atoms with van der Waals surface area (Å²) in [6.45, 7) is 3.34. The van der Waals surface area contributed by atoms with Gasteiger partial charge in [-0.3, -0.25) is 14.4 Å². The van der Waals surface area contributed by atoms with Crippen molar-refractivity contribution in [2.24, 2.45) is 11.3 Å². The molecule has 13 heteroatoms. The van der Waals surface area contributed by atoms with Crippen LogP contribution in [0.4, 0.5) is 10.6 Å². The number of carbonyl (C=O) groups is 2. The lowest BCUT2D eigenvalue weighted by Crippen LogP contribution is -2.54. The van der Waals surface area contributed by atoms with Crippen LogP contribution in [0.1, 0.15) is 94.2 Å². The van der Waals surface area contributed by atoms with Crippen LogP contribution in [0.5, 0.6) is 5.75 Å². The number of hydrogen-bond donors (Lipinski definition) is 1. The van der Waals surface area contributed by atoms with Gasteiger partial charge in [-0.1, -0.05) is 12.1 Å². The molecule has 4 saturated carbocycles. The van der Waals surface area contributed by atoms with Crippen molar-refractivity contribution in [1.29, 1.82) is 0 Å². The highest BCUT2D eigenvalue weighted by Gasteiger charge is 2.51. The molecule has 2 aromatic heterocycles. The zero-order chi connectivity index (χ0) is 37.7. The Morgan fingerprint density at radius 3 is 2.30 bits per heavy atom. The molecule has 4 aliphatic carbocycles. The van der Waals surface area contributed by atoms with Crippen LogP contribution >= 0.6 is 0 Å². The van der Waals surface area contributed by atoms with Gasteiger partial charge in [0.2, 0.25) is 5.91 Å². The van der Waals surface area contributed by atoms with Crippen LogP contribution in [-0.4, -0.2) is 95.6 Å². The van der Waals surface area contributed by atoms with Gasteiger partial charge in [0.15, 0.2) is 0 Å². The van der Waals surface area contributed by atoms with Crippen molar-refractivity contribution < 1.29 is 32.6 Å². The van der Waals surface area contributed by atoms with Crippen molar-refractivity contribution in [2.45, 2.75) is 108 Å². The first-order valence-corrected chi connectivity index (χ1v) is 21.6. The van der Waals surface area contributed by atoms with Gasteiger partial charge >= 0.3 is 6.09 Å². The SMILES string of the molecule is COc1ccc(C23CCC(CN(C(=O)C4CCC(OC(=O)N5CC(O)C5)CC4)c4cc(-c5cnn(C6CCS(=O)(=O)CC6)c5)ccn4)(CC2)CC3)cc1C. The number of aliphatic hydroxyl groups excluding tert-OH is 1. The van der Waals surface area contributed by atoms with E-state index in [1.165, 1.54) is 10.5 Å². The van der Waals surface area contributed by atoms with Crippen molar-refractivity contribution in [2.75, 3.05) is 43.1 Å². The van der Waals surface area contributed by atoms with Gasteiger partial charge in [0.05, 0.1) is 50.0 Å². The van der Waals surface area contributed by atoms with Crippen LogP contribution in [0.15, 0.2) is 48.9 Å². The van der Waals surface area contributed by atoms with E-state index in [4.69, 9.17) is 14.5 Å². The molecule has 6 fully saturated rings. The second-order valence-corrected chi connectivity index (χ2v) is 19.1. The minimum atomic E-state index is -2.98. The molecule has 3 aromatic rings. The summed E-state index contributed by atoms with van der Waals surface area (Å²) >= 11 is 0. The number of nitrogens with zero attached hydrogens (tertiary/aromatic N) is 5. The number of anilines is 1. The summed E-state index contributed by atoms with van der Waals surface area (Å²) in [6, 6.07) is 10.6. The Morgan fingerprint density at radius 2 is 1.65 bits per heavy atom. The Bertz CT molecular complexity index is 1950. The van der Waals surface area contributed by atoms with Gasteiger partial charge in [0.25, 0.3) is 0 Å². The maximum absolute atomic E-state index is 14.7. The fraction of sp³-hybridized carbons (Fsp3) is 0.610. The maximum atomic E-state index is 14.7. The topological polar surface area (TPSA) is 144 Å². The molecule has 2 aliphatic heterocycles. The molecule has 2 amide bonds. The smallest absolute Gasteiger partial charge is 0.410 e. The number of fused-ring (bicyclic) bond motifs is 3. The van der Waals surface area contributed by atoms with Gasteiger partial charge in [-0.15, -0.1) is 0 Å². The van der Waals surface area contributed by atoms with E-state index in [1.807, 2.05) is 34.1 Å². The molecular formula is C41H53N5O7S. The highest BCUT2D eigenvalue weighted by Crippen LogP contribution is 2.58. The number of ether oxygens (including phenoxy) is 2. The van der Waals surface area contributed by atoms with Gasteiger partial charge in [-0.2, -0.15) is 5.10 Å². The van der Waals surface area contributed by atoms with Crippen LogP contribution < -0.4 is 9.64 Å². The molecule has 290 valence electrons. The fourth-order valence-corrected chi connectivity index (χ4v) is 11.3. The average molecular weight is 760 g/mol. The summed E-state index contributed by atoms with van der Waals surface area (Å²) in [5.41, 5.74) is 4.53. The molecule has 54 heavy (non-hydrogen) atoms. The quantitative estimate of drug-likeness (QED) is 0.278. The molecule has 2 saturated heterocycles. The summed E-state index contributed by atoms with van der Waals surface area (Å²) < 4.78 is 37.3. The van der Waals surface area contributed by atoms with E-state index < -0.39 is 15.9 Å². The lowest BCUT2D eigenvalue weighted by Gasteiger charge is -2.55. The number of sulfone groups is 1. The van der Waals surface area contributed by atoms with Crippen LogP contribution in [0.25, 0.3) is 11.1 Å². The summed E-state index contributed by atoms with van der Waals surface area (Å²) in [5.74, 6) is 1.79. The second-order valence-electron chi connectivity index (χ2n) is 16.8. The van der Waals surface area contributed by atoms with Crippen LogP contribution in [0.2, 0.25) is 0 Å². The summed E-state index contributed by atoms with van der Waals surface area (Å²) in [4.78, 5) is 35.6. The summed E-state index contributed by atoms with van der Waals surface area (Å²) in [6.07, 6.45) is 14.5. The van der Waals surface area contributed by atoms with Gasteiger partial charge < -0.3 is 19.5 Å². The van der Waals surface area contributed by atoms with Gasteiger partial charge in [-0.05, 0) is 130 Å². The third-order valence-electron chi connectivity index (χ3n) is 13.4. The molecule has 2 bridgehead atoms. The van der Waals surface area contributed by atoms with Gasteiger partial charge in [-0.25, -0.2) is 18.2 Å². The monoisotopic (exact) mass is 759 g/mol. The molecule has 9 rings (SSSR count). The Labute approximate surface area is 318 Å². The minimum absolute atomic E-state index is 0.00265. The normalized spacial score (nSPS) is 28.3. The number of likely N-dealkylation sites (tertiary alicyclic amines) is 1. The predicted octanol–water partition coefficient (Wildman–Crippen LogP) is 6.01. The summed E-state index contributed by atoms with van der Waals surface area (Å²) in [5, 5.41) is 14.2. The minimum Gasteiger partial charge on any atom is -0.496 e. The van der Waals surface area contributed by atoms with Crippen LogP contribution in [0.3, 0.4) is 0 Å². The first kappa shape index (κ1) is 37.0. The number of aryl methyl sites for hydroxylation is 1. The second kappa shape index (κ2) is 14.6. The number of aliphatic hydroxyl groups is 1. The molecule has 0 radical (unpaired) electrons. The van der Waals surface area contributed by atoms with Gasteiger partial charge in [0.1, 0.15) is 27.5 Å². The van der Waals surface area contributed by atoms with E-state index in [-0.39, 0.29) is 52.4 Å². The first-order chi connectivity index (χ1) is 25.9. The largest absolute Gasteiger partial charge is 0.496 e. The Balaban J connectivity index is 1.01. The van der Waals surface area contributed by atoms with Crippen molar-refractivity contribution in [1.82, 2.24) is 19.7 Å². The number of methoxy groups -OCH3 is 1. The van der Waals surface area contributed by atoms with E-state index in [0.717, 1.165) is 61.0 Å². The fourth-order valence-electron chi connectivity index (χ4n) is 9.79. The molecule has 6 aliphatic rings. The zero-order valence-corrected chi connectivity index (χ0v) is 32.3. The number of β-amino-alcohol motifs (C(OH)–C–C–N with tert-alkyl or cyclic N) is 1. The van der Waals surface area contributed by atoms with E-state index in [1.54, 1.807) is 13.3 Å². The van der Waals surface area contributed by atoms with Crippen molar-refractivity contribution in [3.05, 3.63) is 60.0 Å². The average Bonchev–Trinajstić information content (AvgIpc) is 3.67. The number of benzene rings is 1. The number of amides is 2. The van der Waals surface area contributed by atoms with Gasteiger partial charge in [0, 0.05) is 30.4 Å². The Kier molecular flexibility index (Phi) is 9.99. The van der Waals surface area contributed by atoms with Crippen LogP contribution in [-0.2, 0) is 24.8 Å². The van der Waals surface area contributed by atoms with E-state index in [0.29, 0.717) is 64.0 Å². The van der Waals surface area contributed by atoms with Crippen LogP contribution in [0, 0.1) is 18.3 Å². The predicted molar refractivity (Wildman–Crippen MR) is 204 cm³/mol. The van der Waals surface area contributed by atoms with E-state index >= 15 is 0 Å². The molecule has 0 atom stereocenters. The van der Waals surface area contributed by atoms with Crippen molar-refractivity contribution >= 4 is 27.7 Å². The standard InChI is InChI=1S/C41H53N5O7S/c1-28-21-32(5-8-36(28)52-2)41-15-12-40(13-16-41,14-17-41)27-45(38(48)29-3-6-35(7-4-29)53-39(49)44-25-34(47)26-44)37-22-30(9-18-42-37)31-23-43-46(24-31)33-10-19-54(50,51)20-11-33/h5,8-9,18,21-24,29,33-35,47H,3-4,6-7,10-17,19-20,25-27H2,1-2H3. The number of rotatable bonds is 9. The van der Waals surface area contributed by atoms with Crippen molar-refractivity contribution in [3.8, 4) is 16.9 Å². The Morgan fingerprint density at radius 1 is 0.944 bits per heavy atom. The third kappa shape index (κ3) is 7.37. The molecule has 0 unspecified atom stereocenters. The molecule has 12 nitrogen and oxygen atoms in total. The van der Waals surface area contributed by atoms with E-state index in [2.05, 4.69) is 30.2 Å². The zero-order valence-electron chi connectivity index (χ0n) is 31.5. The molecular weight excluding hydrogens is 707 g/mol. The lowest BCUT2D eigenvalue weighted by atomic mass is 9.51. The summed E-state index contributed by atoms with van der Waals surface area (Å²) in [7, 11) is -1.26. The number of aromatic nitrogens is 3. The number of pyridine rings is 1. The molecule has 1 N–H and O–H groups in total. The third-order valence-corrected chi connectivity index (χ3v) is 15.2. The molecule has 4 heterocycles. The van der Waals surface area contributed by atoms with Crippen molar-refractivity contribution in [3.63, 3.8) is 0 Å².